The zero-order chi connectivity index (χ0) is 14.4. The molecule has 104 valence electrons. The smallest absolute Gasteiger partial charge is 0.328 e. The second-order valence-corrected chi connectivity index (χ2v) is 3.88. The molecule has 0 aliphatic carbocycles. The van der Waals surface area contributed by atoms with Gasteiger partial charge in [0.1, 0.15) is 18.2 Å². The van der Waals surface area contributed by atoms with Crippen molar-refractivity contribution in [1.82, 2.24) is 5.32 Å². The van der Waals surface area contributed by atoms with Crippen molar-refractivity contribution in [3.05, 3.63) is 29.0 Å². The number of amides is 1. The van der Waals surface area contributed by atoms with Gasteiger partial charge in [0.2, 0.25) is 0 Å². The molecule has 5 nitrogen and oxygen atoms in total. The van der Waals surface area contributed by atoms with Gasteiger partial charge in [0.25, 0.3) is 5.91 Å². The number of rotatable bonds is 6. The first-order chi connectivity index (χ1) is 8.93. The van der Waals surface area contributed by atoms with Gasteiger partial charge >= 0.3 is 5.97 Å². The maximum Gasteiger partial charge on any atom is 0.328 e. The Hall–Kier alpha value is -1.89. The number of nitrogens with one attached hydrogen (secondary N) is 1. The molecule has 0 fully saturated rings. The van der Waals surface area contributed by atoms with E-state index in [1.54, 1.807) is 0 Å². The molecular weight excluding hydrogens is 284 g/mol. The summed E-state index contributed by atoms with van der Waals surface area (Å²) in [6.45, 7) is -1.77. The lowest BCUT2D eigenvalue weighted by Gasteiger charge is -2.11. The molecule has 1 aromatic rings. The van der Waals surface area contributed by atoms with Gasteiger partial charge in [0, 0.05) is 6.07 Å². The Morgan fingerprint density at radius 3 is 2.68 bits per heavy atom. The van der Waals surface area contributed by atoms with E-state index in [1.807, 2.05) is 5.32 Å². The number of hydrogen-bond acceptors (Lipinski definition) is 3. The molecule has 0 aliphatic rings. The highest BCUT2D eigenvalue weighted by Gasteiger charge is 2.19. The fourth-order valence-electron chi connectivity index (χ4n) is 1.12. The van der Waals surface area contributed by atoms with E-state index in [2.05, 4.69) is 0 Å². The third kappa shape index (κ3) is 4.70. The molecule has 2 N–H and O–H groups in total. The molecule has 19 heavy (non-hydrogen) atoms. The van der Waals surface area contributed by atoms with Crippen LogP contribution >= 0.6 is 11.6 Å². The first-order valence-electron chi connectivity index (χ1n) is 5.10. The van der Waals surface area contributed by atoms with Crippen molar-refractivity contribution in [2.75, 3.05) is 13.3 Å². The summed E-state index contributed by atoms with van der Waals surface area (Å²) < 4.78 is 30.0. The molecule has 0 saturated heterocycles. The molecule has 0 aromatic heterocycles. The van der Waals surface area contributed by atoms with Crippen LogP contribution in [0.15, 0.2) is 18.2 Å². The SMILES string of the molecule is O=C(COc1ccc(F)c(Cl)c1)NC(CF)C(=O)O. The van der Waals surface area contributed by atoms with E-state index >= 15 is 0 Å². The lowest BCUT2D eigenvalue weighted by atomic mass is 10.3. The van der Waals surface area contributed by atoms with Gasteiger partial charge in [-0.2, -0.15) is 0 Å². The van der Waals surface area contributed by atoms with Crippen LogP contribution < -0.4 is 10.1 Å². The number of carbonyl (C=O) groups excluding carboxylic acids is 1. The van der Waals surface area contributed by atoms with Gasteiger partial charge in [-0.05, 0) is 12.1 Å². The summed E-state index contributed by atoms with van der Waals surface area (Å²) in [6, 6.07) is 1.84. The minimum absolute atomic E-state index is 0.133. The van der Waals surface area contributed by atoms with E-state index < -0.39 is 37.0 Å². The molecule has 1 amide bonds. The van der Waals surface area contributed by atoms with E-state index in [0.717, 1.165) is 12.1 Å². The molecule has 0 radical (unpaired) electrons. The minimum Gasteiger partial charge on any atom is -0.484 e. The number of hydrogen-bond donors (Lipinski definition) is 2. The van der Waals surface area contributed by atoms with Crippen molar-refractivity contribution < 1.29 is 28.2 Å². The number of carboxylic acids is 1. The van der Waals surface area contributed by atoms with Gasteiger partial charge in [-0.3, -0.25) is 4.79 Å². The molecular formula is C11H10ClF2NO4. The van der Waals surface area contributed by atoms with Crippen LogP contribution in [0.25, 0.3) is 0 Å². The van der Waals surface area contributed by atoms with E-state index in [1.165, 1.54) is 6.07 Å². The predicted molar refractivity (Wildman–Crippen MR) is 62.4 cm³/mol. The lowest BCUT2D eigenvalue weighted by Crippen LogP contribution is -2.44. The first-order valence-corrected chi connectivity index (χ1v) is 5.48. The Morgan fingerprint density at radius 1 is 1.47 bits per heavy atom. The molecule has 1 atom stereocenters. The molecule has 0 spiro atoms. The second kappa shape index (κ2) is 6.89. The summed E-state index contributed by atoms with van der Waals surface area (Å²) >= 11 is 5.49. The highest BCUT2D eigenvalue weighted by molar-refractivity contribution is 6.30. The average molecular weight is 294 g/mol. The van der Waals surface area contributed by atoms with Crippen molar-refractivity contribution in [3.8, 4) is 5.75 Å². The van der Waals surface area contributed by atoms with Crippen molar-refractivity contribution in [2.45, 2.75) is 6.04 Å². The topological polar surface area (TPSA) is 75.6 Å². The van der Waals surface area contributed by atoms with E-state index in [0.29, 0.717) is 0 Å². The normalized spacial score (nSPS) is 11.7. The molecule has 0 bridgehead atoms. The fraction of sp³-hybridized carbons (Fsp3) is 0.273. The van der Waals surface area contributed by atoms with Crippen molar-refractivity contribution in [1.29, 1.82) is 0 Å². The number of aliphatic carboxylic acids is 1. The number of benzene rings is 1. The van der Waals surface area contributed by atoms with E-state index in [-0.39, 0.29) is 10.8 Å². The zero-order valence-electron chi connectivity index (χ0n) is 9.53. The third-order valence-electron chi connectivity index (χ3n) is 2.05. The molecule has 0 heterocycles. The zero-order valence-corrected chi connectivity index (χ0v) is 10.3. The Labute approximate surface area is 112 Å². The Bertz CT molecular complexity index is 484. The number of carbonyl (C=O) groups is 2. The maximum absolute atomic E-state index is 12.8. The van der Waals surface area contributed by atoms with Gasteiger partial charge in [0.05, 0.1) is 5.02 Å². The van der Waals surface area contributed by atoms with E-state index in [9.17, 15) is 18.4 Å². The summed E-state index contributed by atoms with van der Waals surface area (Å²) in [5, 5.41) is 10.3. The summed E-state index contributed by atoms with van der Waals surface area (Å²) in [5.74, 6) is -2.80. The molecule has 1 unspecified atom stereocenters. The molecule has 8 heteroatoms. The highest BCUT2D eigenvalue weighted by atomic mass is 35.5. The molecule has 0 saturated carbocycles. The first kappa shape index (κ1) is 15.2. The van der Waals surface area contributed by atoms with Gasteiger partial charge in [0.15, 0.2) is 12.6 Å². The summed E-state index contributed by atoms with van der Waals surface area (Å²) in [6.07, 6.45) is 0. The summed E-state index contributed by atoms with van der Waals surface area (Å²) in [4.78, 5) is 21.7. The number of alkyl halides is 1. The quantitative estimate of drug-likeness (QED) is 0.831. The van der Waals surface area contributed by atoms with Gasteiger partial charge < -0.3 is 15.2 Å². The number of ether oxygens (including phenoxy) is 1. The monoisotopic (exact) mass is 293 g/mol. The van der Waals surface area contributed by atoms with Crippen LogP contribution in [0.5, 0.6) is 5.75 Å². The van der Waals surface area contributed by atoms with Gasteiger partial charge in [-0.1, -0.05) is 11.6 Å². The minimum atomic E-state index is -1.62. The van der Waals surface area contributed by atoms with Crippen LogP contribution in [0.2, 0.25) is 5.02 Å². The Kier molecular flexibility index (Phi) is 5.50. The van der Waals surface area contributed by atoms with Crippen LogP contribution in [-0.2, 0) is 9.59 Å². The molecule has 0 aliphatic heterocycles. The third-order valence-corrected chi connectivity index (χ3v) is 2.34. The van der Waals surface area contributed by atoms with Gasteiger partial charge in [-0.15, -0.1) is 0 Å². The lowest BCUT2D eigenvalue weighted by molar-refractivity contribution is -0.142. The molecule has 1 aromatic carbocycles. The standard InChI is InChI=1S/C11H10ClF2NO4/c12-7-3-6(1-2-8(7)14)19-5-10(16)15-9(4-13)11(17)18/h1-3,9H,4-5H2,(H,15,16)(H,17,18). The van der Waals surface area contributed by atoms with Crippen molar-refractivity contribution >= 4 is 23.5 Å². The Morgan fingerprint density at radius 2 is 2.16 bits per heavy atom. The summed E-state index contributed by atoms with van der Waals surface area (Å²) in [7, 11) is 0. The van der Waals surface area contributed by atoms with Crippen LogP contribution in [0.4, 0.5) is 8.78 Å². The second-order valence-electron chi connectivity index (χ2n) is 3.48. The van der Waals surface area contributed by atoms with Crippen LogP contribution in [0.3, 0.4) is 0 Å². The Balaban J connectivity index is 2.49. The van der Waals surface area contributed by atoms with Crippen molar-refractivity contribution in [2.24, 2.45) is 0 Å². The maximum atomic E-state index is 12.8. The highest BCUT2D eigenvalue weighted by Crippen LogP contribution is 2.20. The molecule has 1 rings (SSSR count). The van der Waals surface area contributed by atoms with Crippen LogP contribution in [0, 0.1) is 5.82 Å². The van der Waals surface area contributed by atoms with Crippen LogP contribution in [0.1, 0.15) is 0 Å². The predicted octanol–water partition coefficient (Wildman–Crippen LogP) is 1.40. The van der Waals surface area contributed by atoms with Crippen molar-refractivity contribution in [3.63, 3.8) is 0 Å². The largest absolute Gasteiger partial charge is 0.484 e. The average Bonchev–Trinajstić information content (AvgIpc) is 2.37. The van der Waals surface area contributed by atoms with E-state index in [4.69, 9.17) is 21.4 Å². The van der Waals surface area contributed by atoms with Gasteiger partial charge in [-0.25, -0.2) is 13.6 Å². The van der Waals surface area contributed by atoms with Crippen LogP contribution in [-0.4, -0.2) is 36.3 Å². The number of halogens is 3. The summed E-state index contributed by atoms with van der Waals surface area (Å²) in [5.41, 5.74) is 0. The number of carboxylic acid groups (broad SMARTS) is 1. The fourth-order valence-corrected chi connectivity index (χ4v) is 1.29.